The molecule has 0 aliphatic rings. The van der Waals surface area contributed by atoms with Gasteiger partial charge in [-0.1, -0.05) is 0 Å². The van der Waals surface area contributed by atoms with Crippen LogP contribution in [0.15, 0.2) is 49.4 Å². The van der Waals surface area contributed by atoms with Crippen molar-refractivity contribution in [3.63, 3.8) is 0 Å². The van der Waals surface area contributed by atoms with Crippen molar-refractivity contribution in [2.45, 2.75) is 6.92 Å². The van der Waals surface area contributed by atoms with Gasteiger partial charge in [0, 0.05) is 24.7 Å². The summed E-state index contributed by atoms with van der Waals surface area (Å²) in [6.07, 6.45) is 7.95. The zero-order valence-corrected chi connectivity index (χ0v) is 12.4. The minimum Gasteiger partial charge on any atom is -0.477 e. The van der Waals surface area contributed by atoms with E-state index in [1.807, 2.05) is 6.92 Å². The van der Waals surface area contributed by atoms with Crippen LogP contribution in [0.1, 0.15) is 17.3 Å². The van der Waals surface area contributed by atoms with Gasteiger partial charge in [-0.15, -0.1) is 0 Å². The molecule has 0 aromatic carbocycles. The second-order valence-corrected chi connectivity index (χ2v) is 4.47. The van der Waals surface area contributed by atoms with Crippen molar-refractivity contribution in [2.24, 2.45) is 0 Å². The van der Waals surface area contributed by atoms with E-state index in [-0.39, 0.29) is 11.8 Å². The van der Waals surface area contributed by atoms with Gasteiger partial charge in [0.15, 0.2) is 0 Å². The molecule has 0 aliphatic heterocycles. The van der Waals surface area contributed by atoms with Gasteiger partial charge in [-0.2, -0.15) is 0 Å². The Morgan fingerprint density at radius 1 is 1.30 bits per heavy atom. The molecule has 0 saturated heterocycles. The van der Waals surface area contributed by atoms with E-state index in [0.717, 1.165) is 0 Å². The number of pyridine rings is 1. The molecule has 0 aliphatic carbocycles. The van der Waals surface area contributed by atoms with Crippen LogP contribution in [-0.4, -0.2) is 37.0 Å². The smallest absolute Gasteiger partial charge is 0.262 e. The molecule has 0 unspecified atom stereocenters. The minimum absolute atomic E-state index is 0.288. The molecule has 1 amide bonds. The van der Waals surface area contributed by atoms with Crippen LogP contribution in [0.25, 0.3) is 5.82 Å². The summed E-state index contributed by atoms with van der Waals surface area (Å²) in [4.78, 5) is 28.6. The first-order valence-electron chi connectivity index (χ1n) is 6.97. The van der Waals surface area contributed by atoms with Crippen molar-refractivity contribution >= 4 is 11.7 Å². The lowest BCUT2D eigenvalue weighted by atomic mass is 10.2. The molecule has 3 heterocycles. The van der Waals surface area contributed by atoms with Gasteiger partial charge < -0.3 is 10.1 Å². The van der Waals surface area contributed by atoms with Gasteiger partial charge in [0.25, 0.3) is 5.91 Å². The molecule has 8 heteroatoms. The number of nitrogens with one attached hydrogen (secondary N) is 1. The Labute approximate surface area is 132 Å². The fourth-order valence-electron chi connectivity index (χ4n) is 1.95. The molecular weight excluding hydrogens is 296 g/mol. The second kappa shape index (κ2) is 6.65. The van der Waals surface area contributed by atoms with E-state index in [9.17, 15) is 4.79 Å². The Morgan fingerprint density at radius 3 is 3.00 bits per heavy atom. The highest BCUT2D eigenvalue weighted by Gasteiger charge is 2.14. The molecule has 8 nitrogen and oxygen atoms in total. The number of nitrogens with zero attached hydrogens (tertiary/aromatic N) is 5. The van der Waals surface area contributed by atoms with Crippen LogP contribution in [0.3, 0.4) is 0 Å². The summed E-state index contributed by atoms with van der Waals surface area (Å²) < 4.78 is 7.08. The molecule has 0 spiro atoms. The molecule has 3 aromatic rings. The number of hydrogen-bond acceptors (Lipinski definition) is 6. The molecule has 0 bridgehead atoms. The van der Waals surface area contributed by atoms with Crippen LogP contribution in [-0.2, 0) is 0 Å². The Hall–Kier alpha value is -3.29. The van der Waals surface area contributed by atoms with E-state index >= 15 is 0 Å². The number of ether oxygens (including phenoxy) is 1. The lowest BCUT2D eigenvalue weighted by Crippen LogP contribution is -2.15. The topological polar surface area (TPSA) is 94.8 Å². The van der Waals surface area contributed by atoms with Gasteiger partial charge in [0.05, 0.1) is 6.61 Å². The van der Waals surface area contributed by atoms with Crippen molar-refractivity contribution in [1.29, 1.82) is 0 Å². The summed E-state index contributed by atoms with van der Waals surface area (Å²) in [5.74, 6) is 0.914. The largest absolute Gasteiger partial charge is 0.477 e. The number of rotatable bonds is 5. The van der Waals surface area contributed by atoms with E-state index in [1.54, 1.807) is 47.7 Å². The Bertz CT molecular complexity index is 803. The maximum atomic E-state index is 12.4. The monoisotopic (exact) mass is 310 g/mol. The van der Waals surface area contributed by atoms with E-state index < -0.39 is 0 Å². The molecule has 0 saturated carbocycles. The molecule has 23 heavy (non-hydrogen) atoms. The number of aromatic nitrogens is 5. The van der Waals surface area contributed by atoms with Crippen LogP contribution in [0, 0.1) is 0 Å². The van der Waals surface area contributed by atoms with Crippen molar-refractivity contribution in [3.05, 3.63) is 55.0 Å². The van der Waals surface area contributed by atoms with Crippen molar-refractivity contribution in [1.82, 2.24) is 24.5 Å². The Morgan fingerprint density at radius 2 is 2.22 bits per heavy atom. The molecule has 0 atom stereocenters. The van der Waals surface area contributed by atoms with Crippen LogP contribution in [0.5, 0.6) is 5.88 Å². The fourth-order valence-corrected chi connectivity index (χ4v) is 1.95. The third-order valence-electron chi connectivity index (χ3n) is 2.96. The quantitative estimate of drug-likeness (QED) is 0.771. The van der Waals surface area contributed by atoms with E-state index in [2.05, 4.69) is 25.3 Å². The predicted molar refractivity (Wildman–Crippen MR) is 82.5 cm³/mol. The van der Waals surface area contributed by atoms with Gasteiger partial charge in [0.1, 0.15) is 29.9 Å². The number of carbonyl (C=O) groups is 1. The second-order valence-electron chi connectivity index (χ2n) is 4.47. The number of imidazole rings is 1. The molecule has 3 aromatic heterocycles. The van der Waals surface area contributed by atoms with Crippen LogP contribution < -0.4 is 10.1 Å². The Balaban J connectivity index is 1.82. The first kappa shape index (κ1) is 14.6. The highest BCUT2D eigenvalue weighted by Crippen LogP contribution is 2.16. The number of carbonyl (C=O) groups excluding carboxylic acids is 1. The van der Waals surface area contributed by atoms with Gasteiger partial charge in [-0.05, 0) is 19.1 Å². The van der Waals surface area contributed by atoms with Gasteiger partial charge in [0.2, 0.25) is 5.88 Å². The van der Waals surface area contributed by atoms with Crippen molar-refractivity contribution in [3.8, 4) is 11.7 Å². The maximum Gasteiger partial charge on any atom is 0.262 e. The first-order valence-corrected chi connectivity index (χ1v) is 6.97. The highest BCUT2D eigenvalue weighted by molar-refractivity contribution is 6.05. The van der Waals surface area contributed by atoms with Gasteiger partial charge in [-0.25, -0.2) is 19.9 Å². The minimum atomic E-state index is -0.350. The summed E-state index contributed by atoms with van der Waals surface area (Å²) >= 11 is 0. The average molecular weight is 310 g/mol. The summed E-state index contributed by atoms with van der Waals surface area (Å²) in [5, 5.41) is 2.72. The average Bonchev–Trinajstić information content (AvgIpc) is 3.10. The fraction of sp³-hybridized carbons (Fsp3) is 0.133. The molecule has 116 valence electrons. The molecular formula is C15H14N6O2. The van der Waals surface area contributed by atoms with Crippen molar-refractivity contribution in [2.75, 3.05) is 11.9 Å². The number of hydrogen-bond donors (Lipinski definition) is 1. The third-order valence-corrected chi connectivity index (χ3v) is 2.96. The lowest BCUT2D eigenvalue weighted by Gasteiger charge is -2.09. The summed E-state index contributed by atoms with van der Waals surface area (Å²) in [6, 6.07) is 4.97. The first-order chi connectivity index (χ1) is 11.3. The number of anilines is 1. The standard InChI is InChI=1S/C15H14N6O2/c1-2-23-15-11(4-3-5-17-15)14(22)20-12-8-13(19-9-18-12)21-7-6-16-10-21/h3-10H,2H2,1H3,(H,18,19,20,22). The van der Waals surface area contributed by atoms with Gasteiger partial charge in [-0.3, -0.25) is 9.36 Å². The maximum absolute atomic E-state index is 12.4. The molecule has 0 fully saturated rings. The zero-order chi connectivity index (χ0) is 16.1. The normalized spacial score (nSPS) is 10.3. The number of amides is 1. The van der Waals surface area contributed by atoms with E-state index in [1.165, 1.54) is 6.33 Å². The van der Waals surface area contributed by atoms with Crippen LogP contribution >= 0.6 is 0 Å². The third kappa shape index (κ3) is 3.31. The molecule has 1 N–H and O–H groups in total. The highest BCUT2D eigenvalue weighted by atomic mass is 16.5. The lowest BCUT2D eigenvalue weighted by molar-refractivity contribution is 0.102. The molecule has 0 radical (unpaired) electrons. The van der Waals surface area contributed by atoms with Crippen LogP contribution in [0.2, 0.25) is 0 Å². The summed E-state index contributed by atoms with van der Waals surface area (Å²) in [7, 11) is 0. The zero-order valence-electron chi connectivity index (χ0n) is 12.4. The molecule has 3 rings (SSSR count). The van der Waals surface area contributed by atoms with E-state index in [0.29, 0.717) is 23.8 Å². The van der Waals surface area contributed by atoms with E-state index in [4.69, 9.17) is 4.74 Å². The van der Waals surface area contributed by atoms with Crippen molar-refractivity contribution < 1.29 is 9.53 Å². The Kier molecular flexibility index (Phi) is 4.23. The summed E-state index contributed by atoms with van der Waals surface area (Å²) in [6.45, 7) is 2.26. The predicted octanol–water partition coefficient (Wildman–Crippen LogP) is 1.71. The summed E-state index contributed by atoms with van der Waals surface area (Å²) in [5.41, 5.74) is 0.345. The SMILES string of the molecule is CCOc1ncccc1C(=O)Nc1cc(-n2ccnc2)ncn1. The van der Waals surface area contributed by atoms with Gasteiger partial charge >= 0.3 is 0 Å². The van der Waals surface area contributed by atoms with Crippen LogP contribution in [0.4, 0.5) is 5.82 Å².